The van der Waals surface area contributed by atoms with Gasteiger partial charge in [0.05, 0.1) is 11.7 Å². The lowest BCUT2D eigenvalue weighted by molar-refractivity contribution is 0.0433. The van der Waals surface area contributed by atoms with Gasteiger partial charge in [-0.2, -0.15) is 0 Å². The summed E-state index contributed by atoms with van der Waals surface area (Å²) in [4.78, 5) is 0. The van der Waals surface area contributed by atoms with Gasteiger partial charge in [0.2, 0.25) is 0 Å². The first kappa shape index (κ1) is 27.4. The Morgan fingerprint density at radius 1 is 1.18 bits per heavy atom. The Bertz CT molecular complexity index is 786. The molecule has 192 valence electrons. The van der Waals surface area contributed by atoms with Gasteiger partial charge in [-0.25, -0.2) is 0 Å². The Hall–Kier alpha value is -1.16. The number of rotatable bonds is 9. The molecule has 3 aliphatic rings. The maximum absolute atomic E-state index is 10.3. The molecule has 3 heteroatoms. The van der Waals surface area contributed by atoms with Crippen molar-refractivity contribution in [3.63, 3.8) is 0 Å². The lowest BCUT2D eigenvalue weighted by atomic mass is 9.61. The van der Waals surface area contributed by atoms with Gasteiger partial charge in [-0.15, -0.1) is 0 Å². The molecule has 0 saturated heterocycles. The molecule has 0 heterocycles. The van der Waals surface area contributed by atoms with E-state index in [2.05, 4.69) is 51.7 Å². The van der Waals surface area contributed by atoms with Gasteiger partial charge in [-0.3, -0.25) is 0 Å². The first-order chi connectivity index (χ1) is 16.1. The van der Waals surface area contributed by atoms with Crippen molar-refractivity contribution in [3.05, 3.63) is 47.6 Å². The minimum Gasteiger partial charge on any atom is -0.390 e. The van der Waals surface area contributed by atoms with Crippen LogP contribution in [0.2, 0.25) is 0 Å². The first-order valence-electron chi connectivity index (χ1n) is 13.9. The summed E-state index contributed by atoms with van der Waals surface area (Å²) < 4.78 is 6.08. The predicted octanol–water partition coefficient (Wildman–Crippen LogP) is 7.13. The Morgan fingerprint density at radius 2 is 1.94 bits per heavy atom. The third-order valence-corrected chi connectivity index (χ3v) is 9.36. The van der Waals surface area contributed by atoms with E-state index in [1.807, 2.05) is 13.8 Å². The van der Waals surface area contributed by atoms with E-state index in [1.165, 1.54) is 43.3 Å². The van der Waals surface area contributed by atoms with Crippen molar-refractivity contribution in [3.8, 4) is 0 Å². The normalized spacial score (nSPS) is 34.7. The van der Waals surface area contributed by atoms with Crippen molar-refractivity contribution in [1.82, 2.24) is 0 Å². The molecule has 0 aliphatic heterocycles. The van der Waals surface area contributed by atoms with Gasteiger partial charge in [0.15, 0.2) is 0 Å². The molecule has 0 bridgehead atoms. The van der Waals surface area contributed by atoms with Crippen LogP contribution in [-0.4, -0.2) is 30.0 Å². The standard InChI is InChI=1S/C31H51NO2/c1-22-11-15-27(34-20-8-19-32)21-26(22)14-13-25-9-7-18-31(6)28(16-17-29(25)31)23(2)10-12-24(3)30(4,5)33/h10,12-14,23-24,27-29,33H,1,7-9,11,15-21,32H2,2-6H3/b12-10+,25-13+,26-14-. The Kier molecular flexibility index (Phi) is 9.45. The summed E-state index contributed by atoms with van der Waals surface area (Å²) in [6.45, 7) is 16.7. The van der Waals surface area contributed by atoms with E-state index in [4.69, 9.17) is 10.5 Å². The lowest BCUT2D eigenvalue weighted by Crippen LogP contribution is -2.35. The van der Waals surface area contributed by atoms with Crippen molar-refractivity contribution < 1.29 is 9.84 Å². The van der Waals surface area contributed by atoms with Gasteiger partial charge in [0.1, 0.15) is 0 Å². The average molecular weight is 470 g/mol. The van der Waals surface area contributed by atoms with Crippen LogP contribution < -0.4 is 5.73 Å². The maximum Gasteiger partial charge on any atom is 0.0651 e. The van der Waals surface area contributed by atoms with Crippen LogP contribution in [-0.2, 0) is 4.74 Å². The second-order valence-electron chi connectivity index (χ2n) is 12.2. The van der Waals surface area contributed by atoms with E-state index in [1.54, 1.807) is 5.57 Å². The van der Waals surface area contributed by atoms with E-state index in [9.17, 15) is 5.11 Å². The van der Waals surface area contributed by atoms with Crippen molar-refractivity contribution in [2.45, 2.75) is 104 Å². The third-order valence-electron chi connectivity index (χ3n) is 9.36. The van der Waals surface area contributed by atoms with Crippen LogP contribution >= 0.6 is 0 Å². The number of allylic oxidation sites excluding steroid dienone is 5. The van der Waals surface area contributed by atoms with Gasteiger partial charge >= 0.3 is 0 Å². The number of hydrogen-bond acceptors (Lipinski definition) is 3. The van der Waals surface area contributed by atoms with Crippen molar-refractivity contribution in [2.24, 2.45) is 34.8 Å². The summed E-state index contributed by atoms with van der Waals surface area (Å²) in [5.74, 6) is 2.12. The Balaban J connectivity index is 1.70. The molecule has 3 N–H and O–H groups in total. The van der Waals surface area contributed by atoms with E-state index in [-0.39, 0.29) is 5.92 Å². The molecule has 3 fully saturated rings. The fourth-order valence-corrected chi connectivity index (χ4v) is 6.71. The minimum atomic E-state index is -0.663. The zero-order valence-electron chi connectivity index (χ0n) is 22.6. The number of aliphatic hydroxyl groups is 1. The van der Waals surface area contributed by atoms with E-state index >= 15 is 0 Å². The summed E-state index contributed by atoms with van der Waals surface area (Å²) in [7, 11) is 0. The highest BCUT2D eigenvalue weighted by Gasteiger charge is 2.50. The number of ether oxygens (including phenoxy) is 1. The number of hydrogen-bond donors (Lipinski definition) is 2. The number of fused-ring (bicyclic) bond motifs is 1. The summed E-state index contributed by atoms with van der Waals surface area (Å²) in [5, 5.41) is 10.3. The second-order valence-corrected chi connectivity index (χ2v) is 12.2. The highest BCUT2D eigenvalue weighted by molar-refractivity contribution is 5.36. The second kappa shape index (κ2) is 11.7. The van der Waals surface area contributed by atoms with E-state index in [0.717, 1.165) is 32.3 Å². The Labute approximate surface area is 209 Å². The highest BCUT2D eigenvalue weighted by Crippen LogP contribution is 2.59. The third kappa shape index (κ3) is 6.53. The molecule has 34 heavy (non-hydrogen) atoms. The van der Waals surface area contributed by atoms with Gasteiger partial charge in [-0.1, -0.05) is 62.8 Å². The molecule has 3 aliphatic carbocycles. The van der Waals surface area contributed by atoms with Gasteiger partial charge < -0.3 is 15.6 Å². The van der Waals surface area contributed by atoms with E-state index in [0.29, 0.717) is 35.8 Å². The lowest BCUT2D eigenvalue weighted by Gasteiger charge is -2.44. The molecule has 3 saturated carbocycles. The van der Waals surface area contributed by atoms with Crippen LogP contribution in [0.1, 0.15) is 92.4 Å². The average Bonchev–Trinajstić information content (AvgIpc) is 3.14. The smallest absolute Gasteiger partial charge is 0.0651 e. The van der Waals surface area contributed by atoms with Crippen LogP contribution in [0.3, 0.4) is 0 Å². The summed E-state index contributed by atoms with van der Waals surface area (Å²) in [6, 6.07) is 0. The molecular weight excluding hydrogens is 418 g/mol. The molecule has 0 aromatic heterocycles. The molecule has 6 atom stereocenters. The maximum atomic E-state index is 10.3. The quantitative estimate of drug-likeness (QED) is 0.279. The van der Waals surface area contributed by atoms with Crippen LogP contribution in [0.5, 0.6) is 0 Å². The molecule has 0 aromatic rings. The molecule has 6 unspecified atom stereocenters. The van der Waals surface area contributed by atoms with Crippen molar-refractivity contribution in [2.75, 3.05) is 13.2 Å². The molecule has 3 nitrogen and oxygen atoms in total. The van der Waals surface area contributed by atoms with Crippen LogP contribution in [0.15, 0.2) is 47.6 Å². The molecule has 0 aromatic carbocycles. The van der Waals surface area contributed by atoms with Crippen LogP contribution in [0.4, 0.5) is 0 Å². The summed E-state index contributed by atoms with van der Waals surface area (Å²) in [6.07, 6.45) is 20.3. The monoisotopic (exact) mass is 469 g/mol. The largest absolute Gasteiger partial charge is 0.390 e. The van der Waals surface area contributed by atoms with E-state index < -0.39 is 5.60 Å². The molecule has 3 rings (SSSR count). The molecule has 0 amide bonds. The van der Waals surface area contributed by atoms with Crippen molar-refractivity contribution >= 4 is 0 Å². The summed E-state index contributed by atoms with van der Waals surface area (Å²) in [5.41, 5.74) is 9.67. The molecule has 0 radical (unpaired) electrons. The van der Waals surface area contributed by atoms with Crippen LogP contribution in [0, 0.1) is 29.1 Å². The van der Waals surface area contributed by atoms with Gasteiger partial charge in [0, 0.05) is 12.5 Å². The fraction of sp³-hybridized carbons (Fsp3) is 0.742. The van der Waals surface area contributed by atoms with Gasteiger partial charge in [-0.05, 0) is 107 Å². The van der Waals surface area contributed by atoms with Crippen LogP contribution in [0.25, 0.3) is 0 Å². The molecular formula is C31H51NO2. The SMILES string of the molecule is C=C1CCC(OCCCN)C/C1=C/C=C1\CCCC2(C)C1CCC2C(C)/C=C/C(C)C(C)(C)O. The zero-order chi connectivity index (χ0) is 24.9. The minimum absolute atomic E-state index is 0.167. The topological polar surface area (TPSA) is 55.5 Å². The highest BCUT2D eigenvalue weighted by atomic mass is 16.5. The Morgan fingerprint density at radius 3 is 2.65 bits per heavy atom. The number of nitrogens with two attached hydrogens (primary N) is 1. The molecule has 0 spiro atoms. The van der Waals surface area contributed by atoms with Crippen molar-refractivity contribution in [1.29, 1.82) is 0 Å². The predicted molar refractivity (Wildman–Crippen MR) is 145 cm³/mol. The summed E-state index contributed by atoms with van der Waals surface area (Å²) >= 11 is 0. The first-order valence-corrected chi connectivity index (χ1v) is 13.9. The fourth-order valence-electron chi connectivity index (χ4n) is 6.71. The zero-order valence-corrected chi connectivity index (χ0v) is 22.6. The van der Waals surface area contributed by atoms with Gasteiger partial charge in [0.25, 0.3) is 0 Å².